The molecule has 0 heterocycles. The summed E-state index contributed by atoms with van der Waals surface area (Å²) in [6.45, 7) is 2.61. The number of aryl methyl sites for hydroxylation is 1. The number of rotatable bonds is 6. The van der Waals surface area contributed by atoms with Crippen LogP contribution in [0.3, 0.4) is 0 Å². The Morgan fingerprint density at radius 3 is 2.65 bits per heavy atom. The van der Waals surface area contributed by atoms with Crippen LogP contribution in [0.15, 0.2) is 22.7 Å². The zero-order valence-corrected chi connectivity index (χ0v) is 12.4. The van der Waals surface area contributed by atoms with E-state index in [1.807, 2.05) is 13.0 Å². The first-order valence-corrected chi connectivity index (χ1v) is 7.80. The highest BCUT2D eigenvalue weighted by atomic mass is 79.9. The fraction of sp³-hybridized carbons (Fsp3) is 0.455. The zero-order valence-electron chi connectivity index (χ0n) is 9.96. The number of benzene rings is 1. The maximum absolute atomic E-state index is 11.7. The van der Waals surface area contributed by atoms with Crippen LogP contribution in [0.2, 0.25) is 0 Å². The monoisotopic (exact) mass is 320 g/mol. The van der Waals surface area contributed by atoms with E-state index in [1.54, 1.807) is 19.2 Å². The zero-order chi connectivity index (χ0) is 12.9. The van der Waals surface area contributed by atoms with E-state index in [9.17, 15) is 8.42 Å². The molecule has 6 heteroatoms. The van der Waals surface area contributed by atoms with Crippen LogP contribution in [0.25, 0.3) is 0 Å². The molecule has 0 aromatic heterocycles. The van der Waals surface area contributed by atoms with Gasteiger partial charge < -0.3 is 5.32 Å². The van der Waals surface area contributed by atoms with E-state index in [0.29, 0.717) is 18.7 Å². The van der Waals surface area contributed by atoms with Crippen LogP contribution in [0.5, 0.6) is 0 Å². The minimum Gasteiger partial charge on any atom is -0.320 e. The molecular formula is C11H17BrN2O2S. The molecule has 2 N–H and O–H groups in total. The van der Waals surface area contributed by atoms with E-state index in [2.05, 4.69) is 26.0 Å². The third-order valence-corrected chi connectivity index (χ3v) is 4.53. The topological polar surface area (TPSA) is 58.2 Å². The number of halogens is 1. The molecule has 4 nitrogen and oxygen atoms in total. The molecule has 0 saturated heterocycles. The first kappa shape index (κ1) is 14.5. The fourth-order valence-electron chi connectivity index (χ4n) is 1.38. The highest BCUT2D eigenvalue weighted by Gasteiger charge is 2.10. The Kier molecular flexibility index (Phi) is 5.42. The summed E-state index contributed by atoms with van der Waals surface area (Å²) in [6, 6.07) is 5.38. The summed E-state index contributed by atoms with van der Waals surface area (Å²) in [5, 5.41) is 2.92. The lowest BCUT2D eigenvalue weighted by Crippen LogP contribution is -2.20. The van der Waals surface area contributed by atoms with Gasteiger partial charge in [0.15, 0.2) is 0 Å². The summed E-state index contributed by atoms with van der Waals surface area (Å²) >= 11 is 3.37. The second-order valence-corrected chi connectivity index (χ2v) is 6.54. The summed E-state index contributed by atoms with van der Waals surface area (Å²) in [6.07, 6.45) is 0.599. The average molecular weight is 321 g/mol. The Bertz CT molecular complexity index is 474. The number of hydrogen-bond acceptors (Lipinski definition) is 3. The fourth-order valence-corrected chi connectivity index (χ4v) is 2.74. The summed E-state index contributed by atoms with van der Waals surface area (Å²) in [4.78, 5) is 0. The second kappa shape index (κ2) is 6.37. The molecule has 1 rings (SSSR count). The van der Waals surface area contributed by atoms with Crippen LogP contribution < -0.4 is 10.0 Å². The molecule has 0 spiro atoms. The van der Waals surface area contributed by atoms with Gasteiger partial charge in [-0.1, -0.05) is 15.9 Å². The quantitative estimate of drug-likeness (QED) is 0.789. The largest absolute Gasteiger partial charge is 0.320 e. The molecule has 0 unspecified atom stereocenters. The summed E-state index contributed by atoms with van der Waals surface area (Å²) in [5.74, 6) is 0.128. The van der Waals surface area contributed by atoms with Gasteiger partial charge in [0.2, 0.25) is 10.0 Å². The van der Waals surface area contributed by atoms with Gasteiger partial charge in [0.25, 0.3) is 0 Å². The minimum atomic E-state index is -3.24. The first-order chi connectivity index (χ1) is 7.94. The molecule has 0 aliphatic heterocycles. The van der Waals surface area contributed by atoms with Crippen molar-refractivity contribution in [3.63, 3.8) is 0 Å². The SMILES string of the molecule is CNCCCS(=O)(=O)Nc1ccc(Br)c(C)c1. The molecule has 1 aromatic carbocycles. The third kappa shape index (κ3) is 5.06. The van der Waals surface area contributed by atoms with Gasteiger partial charge in [0.05, 0.1) is 5.75 Å². The van der Waals surface area contributed by atoms with E-state index >= 15 is 0 Å². The van der Waals surface area contributed by atoms with Crippen molar-refractivity contribution >= 4 is 31.6 Å². The Balaban J connectivity index is 2.66. The first-order valence-electron chi connectivity index (χ1n) is 5.36. The maximum atomic E-state index is 11.7. The summed E-state index contributed by atoms with van der Waals surface area (Å²) in [7, 11) is -1.44. The lowest BCUT2D eigenvalue weighted by Gasteiger charge is -2.09. The molecule has 0 aliphatic carbocycles. The van der Waals surface area contributed by atoms with Gasteiger partial charge in [-0.05, 0) is 50.7 Å². The van der Waals surface area contributed by atoms with Gasteiger partial charge in [-0.15, -0.1) is 0 Å². The average Bonchev–Trinajstić information content (AvgIpc) is 2.23. The van der Waals surface area contributed by atoms with Crippen LogP contribution in [0, 0.1) is 6.92 Å². The van der Waals surface area contributed by atoms with Gasteiger partial charge in [-0.2, -0.15) is 0 Å². The van der Waals surface area contributed by atoms with Gasteiger partial charge in [0.1, 0.15) is 0 Å². The van der Waals surface area contributed by atoms with Gasteiger partial charge in [-0.3, -0.25) is 4.72 Å². The second-order valence-electron chi connectivity index (χ2n) is 3.84. The van der Waals surface area contributed by atoms with Crippen molar-refractivity contribution in [3.05, 3.63) is 28.2 Å². The molecule has 17 heavy (non-hydrogen) atoms. The van der Waals surface area contributed by atoms with Crippen molar-refractivity contribution in [3.8, 4) is 0 Å². The van der Waals surface area contributed by atoms with Crippen molar-refractivity contribution in [2.45, 2.75) is 13.3 Å². The molecule has 1 aromatic rings. The Morgan fingerprint density at radius 1 is 1.35 bits per heavy atom. The molecule has 0 fully saturated rings. The molecule has 0 atom stereocenters. The van der Waals surface area contributed by atoms with E-state index in [4.69, 9.17) is 0 Å². The standard InChI is InChI=1S/C11H17BrN2O2S/c1-9-8-10(4-5-11(9)12)14-17(15,16)7-3-6-13-2/h4-5,8,13-14H,3,6-7H2,1-2H3. The van der Waals surface area contributed by atoms with E-state index in [0.717, 1.165) is 10.0 Å². The van der Waals surface area contributed by atoms with Crippen LogP contribution in [0.1, 0.15) is 12.0 Å². The minimum absolute atomic E-state index is 0.128. The van der Waals surface area contributed by atoms with Crippen LogP contribution in [-0.2, 0) is 10.0 Å². The number of anilines is 1. The van der Waals surface area contributed by atoms with Crippen LogP contribution in [-0.4, -0.2) is 27.8 Å². The Labute approximate surface area is 111 Å². The number of sulfonamides is 1. The Morgan fingerprint density at radius 2 is 2.06 bits per heavy atom. The summed E-state index contributed by atoms with van der Waals surface area (Å²) < 4.78 is 27.0. The van der Waals surface area contributed by atoms with Crippen molar-refractivity contribution in [1.82, 2.24) is 5.32 Å². The maximum Gasteiger partial charge on any atom is 0.232 e. The molecule has 0 aliphatic rings. The molecular weight excluding hydrogens is 304 g/mol. The van der Waals surface area contributed by atoms with E-state index in [-0.39, 0.29) is 5.75 Å². The third-order valence-electron chi connectivity index (χ3n) is 2.27. The Hall–Kier alpha value is -0.590. The molecule has 0 bridgehead atoms. The van der Waals surface area contributed by atoms with E-state index in [1.165, 1.54) is 0 Å². The number of hydrogen-bond donors (Lipinski definition) is 2. The van der Waals surface area contributed by atoms with Crippen LogP contribution >= 0.6 is 15.9 Å². The van der Waals surface area contributed by atoms with Crippen molar-refractivity contribution in [2.75, 3.05) is 24.1 Å². The molecule has 0 saturated carbocycles. The lowest BCUT2D eigenvalue weighted by molar-refractivity contribution is 0.597. The molecule has 96 valence electrons. The molecule has 0 amide bonds. The van der Waals surface area contributed by atoms with Crippen LogP contribution in [0.4, 0.5) is 5.69 Å². The smallest absolute Gasteiger partial charge is 0.232 e. The number of nitrogens with one attached hydrogen (secondary N) is 2. The van der Waals surface area contributed by atoms with Crippen molar-refractivity contribution in [2.24, 2.45) is 0 Å². The van der Waals surface area contributed by atoms with E-state index < -0.39 is 10.0 Å². The van der Waals surface area contributed by atoms with Crippen molar-refractivity contribution in [1.29, 1.82) is 0 Å². The normalized spacial score (nSPS) is 11.5. The molecule has 0 radical (unpaired) electrons. The lowest BCUT2D eigenvalue weighted by atomic mass is 10.2. The summed E-state index contributed by atoms with van der Waals surface area (Å²) in [5.41, 5.74) is 1.61. The predicted molar refractivity (Wildman–Crippen MR) is 74.8 cm³/mol. The van der Waals surface area contributed by atoms with Gasteiger partial charge >= 0.3 is 0 Å². The predicted octanol–water partition coefficient (Wildman–Crippen LogP) is 2.11. The highest BCUT2D eigenvalue weighted by Crippen LogP contribution is 2.20. The van der Waals surface area contributed by atoms with Crippen molar-refractivity contribution < 1.29 is 8.42 Å². The highest BCUT2D eigenvalue weighted by molar-refractivity contribution is 9.10. The van der Waals surface area contributed by atoms with Gasteiger partial charge in [-0.25, -0.2) is 8.42 Å². The van der Waals surface area contributed by atoms with Gasteiger partial charge in [0, 0.05) is 10.2 Å².